The Labute approximate surface area is 154 Å². The van der Waals surface area contributed by atoms with E-state index in [0.29, 0.717) is 23.7 Å². The van der Waals surface area contributed by atoms with Gasteiger partial charge in [-0.15, -0.1) is 0 Å². The highest BCUT2D eigenvalue weighted by atomic mass is 79.9. The number of aryl methyl sites for hydroxylation is 1. The van der Waals surface area contributed by atoms with E-state index in [1.807, 2.05) is 37.3 Å². The first-order valence-corrected chi connectivity index (χ1v) is 8.50. The molecule has 128 valence electrons. The number of rotatable bonds is 6. The van der Waals surface area contributed by atoms with E-state index >= 15 is 0 Å². The summed E-state index contributed by atoms with van der Waals surface area (Å²) in [5, 5.41) is 4.07. The third kappa shape index (κ3) is 4.28. The molecule has 1 aromatic carbocycles. The molecule has 2 aromatic heterocycles. The molecular formula is C19H17BrN2O3. The van der Waals surface area contributed by atoms with Crippen LogP contribution in [0.25, 0.3) is 6.08 Å². The fourth-order valence-corrected chi connectivity index (χ4v) is 2.64. The average Bonchev–Trinajstić information content (AvgIpc) is 3.18. The first-order valence-electron chi connectivity index (χ1n) is 7.71. The van der Waals surface area contributed by atoms with Gasteiger partial charge in [-0.1, -0.05) is 22.0 Å². The Morgan fingerprint density at radius 2 is 2.20 bits per heavy atom. The lowest BCUT2D eigenvalue weighted by Gasteiger charge is -2.04. The molecule has 0 bridgehead atoms. The second-order valence-corrected chi connectivity index (χ2v) is 6.43. The van der Waals surface area contributed by atoms with E-state index in [-0.39, 0.29) is 5.78 Å². The molecule has 0 unspecified atom stereocenters. The first kappa shape index (κ1) is 17.2. The minimum atomic E-state index is -0.103. The molecule has 0 aliphatic rings. The van der Waals surface area contributed by atoms with Crippen molar-refractivity contribution in [2.75, 3.05) is 0 Å². The van der Waals surface area contributed by atoms with Crippen LogP contribution >= 0.6 is 15.9 Å². The van der Waals surface area contributed by atoms with Crippen LogP contribution in [0.15, 0.2) is 57.6 Å². The number of hydrogen-bond acceptors (Lipinski definition) is 4. The molecule has 5 nitrogen and oxygen atoms in total. The Kier molecular flexibility index (Phi) is 5.19. The number of aromatic nitrogens is 2. The van der Waals surface area contributed by atoms with Gasteiger partial charge < -0.3 is 9.15 Å². The fraction of sp³-hybridized carbons (Fsp3) is 0.158. The summed E-state index contributed by atoms with van der Waals surface area (Å²) in [6.45, 7) is 2.18. The van der Waals surface area contributed by atoms with Crippen LogP contribution in [0.5, 0.6) is 5.75 Å². The van der Waals surface area contributed by atoms with Crippen molar-refractivity contribution in [1.29, 1.82) is 0 Å². The second-order valence-electron chi connectivity index (χ2n) is 5.51. The Morgan fingerprint density at radius 3 is 2.92 bits per heavy atom. The Hall–Kier alpha value is -2.60. The van der Waals surface area contributed by atoms with Gasteiger partial charge in [0.2, 0.25) is 0 Å². The fourth-order valence-electron chi connectivity index (χ4n) is 2.26. The van der Waals surface area contributed by atoms with Crippen molar-refractivity contribution in [3.05, 3.63) is 75.9 Å². The minimum absolute atomic E-state index is 0.103. The Morgan fingerprint density at radius 1 is 1.36 bits per heavy atom. The topological polar surface area (TPSA) is 57.3 Å². The van der Waals surface area contributed by atoms with Crippen molar-refractivity contribution in [3.63, 3.8) is 0 Å². The maximum atomic E-state index is 12.2. The van der Waals surface area contributed by atoms with Crippen LogP contribution in [-0.4, -0.2) is 15.6 Å². The van der Waals surface area contributed by atoms with Gasteiger partial charge >= 0.3 is 0 Å². The number of carbonyl (C=O) groups is 1. The highest BCUT2D eigenvalue weighted by Crippen LogP contribution is 2.20. The van der Waals surface area contributed by atoms with E-state index in [2.05, 4.69) is 21.0 Å². The molecule has 0 saturated carbocycles. The molecule has 0 aliphatic heterocycles. The zero-order valence-corrected chi connectivity index (χ0v) is 15.5. The van der Waals surface area contributed by atoms with Gasteiger partial charge in [-0.05, 0) is 49.4 Å². The lowest BCUT2D eigenvalue weighted by Crippen LogP contribution is -1.98. The van der Waals surface area contributed by atoms with Crippen LogP contribution in [0, 0.1) is 6.92 Å². The summed E-state index contributed by atoms with van der Waals surface area (Å²) in [6.07, 6.45) is 4.71. The number of ether oxygens (including phenoxy) is 1. The maximum absolute atomic E-state index is 12.2. The van der Waals surface area contributed by atoms with E-state index in [4.69, 9.17) is 9.15 Å². The van der Waals surface area contributed by atoms with Gasteiger partial charge in [-0.2, -0.15) is 5.10 Å². The van der Waals surface area contributed by atoms with Crippen molar-refractivity contribution < 1.29 is 13.9 Å². The Bertz CT molecular complexity index is 924. The van der Waals surface area contributed by atoms with E-state index < -0.39 is 0 Å². The average molecular weight is 401 g/mol. The summed E-state index contributed by atoms with van der Waals surface area (Å²) >= 11 is 3.40. The molecule has 0 fully saturated rings. The lowest BCUT2D eigenvalue weighted by atomic mass is 10.1. The van der Waals surface area contributed by atoms with Gasteiger partial charge in [0.05, 0.1) is 11.8 Å². The van der Waals surface area contributed by atoms with Crippen LogP contribution in [-0.2, 0) is 13.7 Å². The van der Waals surface area contributed by atoms with Crippen molar-refractivity contribution in [1.82, 2.24) is 9.78 Å². The summed E-state index contributed by atoms with van der Waals surface area (Å²) in [5.74, 6) is 1.94. The molecular weight excluding hydrogens is 384 g/mol. The standard InChI is InChI=1S/C19H17BrN2O3/c1-13-18(11-21-22(13)2)19(23)9-8-15-6-7-17(25-15)12-24-16-5-3-4-14(20)10-16/h3-11H,12H2,1-2H3/b9-8+. The lowest BCUT2D eigenvalue weighted by molar-refractivity contribution is 0.104. The van der Waals surface area contributed by atoms with Crippen LogP contribution in [0.4, 0.5) is 0 Å². The third-order valence-corrected chi connectivity index (χ3v) is 4.25. The number of carbonyl (C=O) groups excluding carboxylic acids is 1. The van der Waals surface area contributed by atoms with Crippen LogP contribution in [0.1, 0.15) is 27.6 Å². The van der Waals surface area contributed by atoms with Gasteiger partial charge in [0.25, 0.3) is 0 Å². The SMILES string of the molecule is Cc1c(C(=O)/C=C/c2ccc(COc3cccc(Br)c3)o2)cnn1C. The molecule has 0 aliphatic carbocycles. The zero-order valence-electron chi connectivity index (χ0n) is 13.9. The smallest absolute Gasteiger partial charge is 0.189 e. The van der Waals surface area contributed by atoms with Gasteiger partial charge in [-0.25, -0.2) is 0 Å². The predicted molar refractivity (Wildman–Crippen MR) is 98.5 cm³/mol. The molecule has 0 amide bonds. The molecule has 2 heterocycles. The monoisotopic (exact) mass is 400 g/mol. The molecule has 0 radical (unpaired) electrons. The van der Waals surface area contributed by atoms with Crippen molar-refractivity contribution in [3.8, 4) is 5.75 Å². The first-order chi connectivity index (χ1) is 12.0. The summed E-state index contributed by atoms with van der Waals surface area (Å²) in [6, 6.07) is 11.2. The van der Waals surface area contributed by atoms with Crippen molar-refractivity contribution in [2.45, 2.75) is 13.5 Å². The molecule has 25 heavy (non-hydrogen) atoms. The van der Waals surface area contributed by atoms with Gasteiger partial charge in [0.1, 0.15) is 23.9 Å². The highest BCUT2D eigenvalue weighted by molar-refractivity contribution is 9.10. The molecule has 0 atom stereocenters. The van der Waals surface area contributed by atoms with Gasteiger partial charge in [0.15, 0.2) is 5.78 Å². The third-order valence-electron chi connectivity index (χ3n) is 3.76. The number of hydrogen-bond donors (Lipinski definition) is 0. The number of halogens is 1. The van der Waals surface area contributed by atoms with E-state index in [9.17, 15) is 4.79 Å². The number of furan rings is 1. The number of nitrogens with zero attached hydrogens (tertiary/aromatic N) is 2. The van der Waals surface area contributed by atoms with E-state index in [1.165, 1.54) is 6.08 Å². The van der Waals surface area contributed by atoms with E-state index in [0.717, 1.165) is 15.9 Å². The molecule has 0 spiro atoms. The number of benzene rings is 1. The zero-order chi connectivity index (χ0) is 17.8. The summed E-state index contributed by atoms with van der Waals surface area (Å²) in [7, 11) is 1.81. The number of allylic oxidation sites excluding steroid dienone is 1. The van der Waals surface area contributed by atoms with Gasteiger partial charge in [-0.3, -0.25) is 9.48 Å². The van der Waals surface area contributed by atoms with Crippen LogP contribution < -0.4 is 4.74 Å². The molecule has 6 heteroatoms. The summed E-state index contributed by atoms with van der Waals surface area (Å²) in [5.41, 5.74) is 1.42. The highest BCUT2D eigenvalue weighted by Gasteiger charge is 2.10. The molecule has 3 aromatic rings. The van der Waals surface area contributed by atoms with Crippen LogP contribution in [0.2, 0.25) is 0 Å². The predicted octanol–water partition coefficient (Wildman–Crippen LogP) is 4.56. The maximum Gasteiger partial charge on any atom is 0.189 e. The second kappa shape index (κ2) is 7.53. The summed E-state index contributed by atoms with van der Waals surface area (Å²) < 4.78 is 14.0. The van der Waals surface area contributed by atoms with E-state index in [1.54, 1.807) is 30.1 Å². The molecule has 0 N–H and O–H groups in total. The number of ketones is 1. The van der Waals surface area contributed by atoms with Crippen molar-refractivity contribution >= 4 is 27.8 Å². The summed E-state index contributed by atoms with van der Waals surface area (Å²) in [4.78, 5) is 12.2. The largest absolute Gasteiger partial charge is 0.486 e. The molecule has 0 saturated heterocycles. The quantitative estimate of drug-likeness (QED) is 0.449. The molecule has 3 rings (SSSR count). The Balaban J connectivity index is 1.61. The normalized spacial score (nSPS) is 11.2. The van der Waals surface area contributed by atoms with Crippen molar-refractivity contribution in [2.24, 2.45) is 7.05 Å². The van der Waals surface area contributed by atoms with Gasteiger partial charge in [0, 0.05) is 17.2 Å². The minimum Gasteiger partial charge on any atom is -0.486 e. The van der Waals surface area contributed by atoms with Crippen LogP contribution in [0.3, 0.4) is 0 Å².